The maximum Gasteiger partial charge on any atom is 0.321 e. The average Bonchev–Trinajstić information content (AvgIpc) is 3.34. The second-order valence-corrected chi connectivity index (χ2v) is 6.97. The molecular formula is C19H23N7O. The van der Waals surface area contributed by atoms with Gasteiger partial charge < -0.3 is 14.8 Å². The van der Waals surface area contributed by atoms with E-state index >= 15 is 0 Å². The summed E-state index contributed by atoms with van der Waals surface area (Å²) in [6.45, 7) is 4.32. The van der Waals surface area contributed by atoms with Crippen molar-refractivity contribution in [2.45, 2.75) is 26.3 Å². The summed E-state index contributed by atoms with van der Waals surface area (Å²) in [5.74, 6) is 1.89. The molecule has 0 aliphatic carbocycles. The number of likely N-dealkylation sites (tertiary alicyclic amines) is 1. The second-order valence-electron chi connectivity index (χ2n) is 6.97. The summed E-state index contributed by atoms with van der Waals surface area (Å²) >= 11 is 0. The number of piperidine rings is 1. The van der Waals surface area contributed by atoms with Crippen molar-refractivity contribution in [2.75, 3.05) is 18.4 Å². The minimum atomic E-state index is -0.0492. The predicted molar refractivity (Wildman–Crippen MR) is 102 cm³/mol. The van der Waals surface area contributed by atoms with E-state index in [1.54, 1.807) is 6.20 Å². The number of carbonyl (C=O) groups excluding carboxylic acids is 1. The van der Waals surface area contributed by atoms with Crippen LogP contribution in [-0.2, 0) is 6.54 Å². The van der Waals surface area contributed by atoms with Crippen LogP contribution in [0.15, 0.2) is 43.0 Å². The fourth-order valence-electron chi connectivity index (χ4n) is 3.47. The van der Waals surface area contributed by atoms with Crippen LogP contribution >= 0.6 is 0 Å². The molecule has 2 amide bonds. The fourth-order valence-corrected chi connectivity index (χ4v) is 3.47. The van der Waals surface area contributed by atoms with Crippen LogP contribution in [0.2, 0.25) is 0 Å². The van der Waals surface area contributed by atoms with Gasteiger partial charge in [-0.1, -0.05) is 0 Å². The van der Waals surface area contributed by atoms with E-state index in [1.807, 2.05) is 48.6 Å². The number of urea groups is 1. The molecule has 0 radical (unpaired) electrons. The molecule has 3 heterocycles. The molecule has 8 nitrogen and oxygen atoms in total. The van der Waals surface area contributed by atoms with Gasteiger partial charge in [0.05, 0.1) is 6.33 Å². The molecule has 0 unspecified atom stereocenters. The zero-order valence-electron chi connectivity index (χ0n) is 15.3. The Balaban J connectivity index is 1.35. The number of carbonyl (C=O) groups is 1. The molecule has 3 aromatic rings. The van der Waals surface area contributed by atoms with Crippen molar-refractivity contribution in [2.24, 2.45) is 5.92 Å². The van der Waals surface area contributed by atoms with Gasteiger partial charge >= 0.3 is 6.03 Å². The van der Waals surface area contributed by atoms with Crippen molar-refractivity contribution in [3.63, 3.8) is 0 Å². The van der Waals surface area contributed by atoms with E-state index in [0.29, 0.717) is 11.7 Å². The van der Waals surface area contributed by atoms with Crippen LogP contribution in [0.1, 0.15) is 18.7 Å². The highest BCUT2D eigenvalue weighted by atomic mass is 16.2. The number of hydrogen-bond acceptors (Lipinski definition) is 4. The van der Waals surface area contributed by atoms with Gasteiger partial charge in [-0.2, -0.15) is 5.10 Å². The van der Waals surface area contributed by atoms with E-state index < -0.39 is 0 Å². The molecule has 1 aromatic carbocycles. The SMILES string of the molecule is Cc1nc(-c2ccc(NC(=O)N3CCC[C@@H](Cn4ccnc4)C3)cc2)n[nH]1. The summed E-state index contributed by atoms with van der Waals surface area (Å²) < 4.78 is 2.08. The highest BCUT2D eigenvalue weighted by Gasteiger charge is 2.24. The number of aromatic amines is 1. The first-order valence-electron chi connectivity index (χ1n) is 9.18. The van der Waals surface area contributed by atoms with Crippen molar-refractivity contribution in [1.29, 1.82) is 0 Å². The van der Waals surface area contributed by atoms with Crippen LogP contribution in [0.5, 0.6) is 0 Å². The summed E-state index contributed by atoms with van der Waals surface area (Å²) in [6, 6.07) is 7.54. The molecule has 0 bridgehead atoms. The summed E-state index contributed by atoms with van der Waals surface area (Å²) in [7, 11) is 0. The molecule has 4 rings (SSSR count). The largest absolute Gasteiger partial charge is 0.337 e. The number of rotatable bonds is 4. The van der Waals surface area contributed by atoms with Gasteiger partial charge in [0, 0.05) is 43.3 Å². The smallest absolute Gasteiger partial charge is 0.321 e. The quantitative estimate of drug-likeness (QED) is 0.744. The topological polar surface area (TPSA) is 91.7 Å². The van der Waals surface area contributed by atoms with E-state index in [-0.39, 0.29) is 6.03 Å². The molecule has 1 atom stereocenters. The standard InChI is InChI=1S/C19H23N7O/c1-14-21-18(24-23-14)16-4-6-17(7-5-16)22-19(27)26-9-2-3-15(12-26)11-25-10-8-20-13-25/h4-8,10,13,15H,2-3,9,11-12H2,1H3,(H,22,27)(H,21,23,24)/t15-/m0/s1. The fraction of sp³-hybridized carbons (Fsp3) is 0.368. The van der Waals surface area contributed by atoms with Gasteiger partial charge in [0.25, 0.3) is 0 Å². The molecule has 8 heteroatoms. The summed E-state index contributed by atoms with van der Waals surface area (Å²) in [5, 5.41) is 9.98. The van der Waals surface area contributed by atoms with Crippen molar-refractivity contribution in [1.82, 2.24) is 29.6 Å². The average molecular weight is 365 g/mol. The van der Waals surface area contributed by atoms with E-state index in [2.05, 4.69) is 30.0 Å². The maximum atomic E-state index is 12.6. The molecule has 1 aliphatic rings. The van der Waals surface area contributed by atoms with E-state index in [0.717, 1.165) is 49.6 Å². The second kappa shape index (κ2) is 7.61. The number of imidazole rings is 1. The Morgan fingerprint density at radius 2 is 2.19 bits per heavy atom. The molecule has 1 saturated heterocycles. The molecular weight excluding hydrogens is 342 g/mol. The van der Waals surface area contributed by atoms with E-state index in [4.69, 9.17) is 0 Å². The number of nitrogens with one attached hydrogen (secondary N) is 2. The lowest BCUT2D eigenvalue weighted by Crippen LogP contribution is -2.43. The number of nitrogens with zero attached hydrogens (tertiary/aromatic N) is 5. The first-order chi connectivity index (χ1) is 13.2. The predicted octanol–water partition coefficient (Wildman–Crippen LogP) is 2.92. The monoisotopic (exact) mass is 365 g/mol. The third-order valence-corrected chi connectivity index (χ3v) is 4.83. The maximum absolute atomic E-state index is 12.6. The molecule has 2 aromatic heterocycles. The Bertz CT molecular complexity index is 885. The Morgan fingerprint density at radius 1 is 1.33 bits per heavy atom. The van der Waals surface area contributed by atoms with Crippen LogP contribution < -0.4 is 5.32 Å². The number of benzene rings is 1. The van der Waals surface area contributed by atoms with Crippen LogP contribution in [0, 0.1) is 12.8 Å². The van der Waals surface area contributed by atoms with E-state index in [1.165, 1.54) is 0 Å². The molecule has 1 fully saturated rings. The van der Waals surface area contributed by atoms with Gasteiger partial charge in [-0.25, -0.2) is 14.8 Å². The highest BCUT2D eigenvalue weighted by molar-refractivity contribution is 5.89. The van der Waals surface area contributed by atoms with Gasteiger partial charge in [0.15, 0.2) is 5.82 Å². The summed E-state index contributed by atoms with van der Waals surface area (Å²) in [5.41, 5.74) is 1.68. The number of aromatic nitrogens is 5. The highest BCUT2D eigenvalue weighted by Crippen LogP contribution is 2.21. The minimum Gasteiger partial charge on any atom is -0.337 e. The van der Waals surface area contributed by atoms with Crippen LogP contribution in [0.4, 0.5) is 10.5 Å². The number of H-pyrrole nitrogens is 1. The lowest BCUT2D eigenvalue weighted by atomic mass is 9.98. The number of hydrogen-bond donors (Lipinski definition) is 2. The number of anilines is 1. The van der Waals surface area contributed by atoms with Gasteiger partial charge in [-0.15, -0.1) is 0 Å². The number of amides is 2. The Hall–Kier alpha value is -3.16. The van der Waals surface area contributed by atoms with Gasteiger partial charge in [0.1, 0.15) is 5.82 Å². The van der Waals surface area contributed by atoms with Crippen LogP contribution in [0.25, 0.3) is 11.4 Å². The van der Waals surface area contributed by atoms with Gasteiger partial charge in [0.2, 0.25) is 0 Å². The van der Waals surface area contributed by atoms with Gasteiger partial charge in [-0.05, 0) is 49.9 Å². The van der Waals surface area contributed by atoms with Crippen LogP contribution in [-0.4, -0.2) is 48.8 Å². The third kappa shape index (κ3) is 4.16. The Kier molecular flexibility index (Phi) is 4.86. The molecule has 27 heavy (non-hydrogen) atoms. The third-order valence-electron chi connectivity index (χ3n) is 4.83. The Labute approximate surface area is 157 Å². The molecule has 0 spiro atoms. The van der Waals surface area contributed by atoms with Crippen molar-refractivity contribution >= 4 is 11.7 Å². The van der Waals surface area contributed by atoms with E-state index in [9.17, 15) is 4.79 Å². The first kappa shape index (κ1) is 17.3. The normalized spacial score (nSPS) is 17.1. The van der Waals surface area contributed by atoms with Crippen molar-refractivity contribution in [3.05, 3.63) is 48.8 Å². The molecule has 140 valence electrons. The minimum absolute atomic E-state index is 0.0492. The molecule has 0 saturated carbocycles. The first-order valence-corrected chi connectivity index (χ1v) is 9.18. The zero-order chi connectivity index (χ0) is 18.6. The van der Waals surface area contributed by atoms with Crippen molar-refractivity contribution in [3.8, 4) is 11.4 Å². The molecule has 1 aliphatic heterocycles. The lowest BCUT2D eigenvalue weighted by molar-refractivity contribution is 0.170. The Morgan fingerprint density at radius 3 is 2.89 bits per heavy atom. The zero-order valence-corrected chi connectivity index (χ0v) is 15.3. The molecule has 2 N–H and O–H groups in total. The lowest BCUT2D eigenvalue weighted by Gasteiger charge is -2.33. The number of aryl methyl sites for hydroxylation is 1. The summed E-state index contributed by atoms with van der Waals surface area (Å²) in [4.78, 5) is 22.9. The van der Waals surface area contributed by atoms with Gasteiger partial charge in [-0.3, -0.25) is 5.10 Å². The van der Waals surface area contributed by atoms with Crippen LogP contribution in [0.3, 0.4) is 0 Å². The summed E-state index contributed by atoms with van der Waals surface area (Å²) in [6.07, 6.45) is 7.74. The van der Waals surface area contributed by atoms with Crippen molar-refractivity contribution < 1.29 is 4.79 Å².